The lowest BCUT2D eigenvalue weighted by Gasteiger charge is -2.30. The summed E-state index contributed by atoms with van der Waals surface area (Å²) in [6, 6.07) is 2.91. The van der Waals surface area contributed by atoms with Crippen LogP contribution in [0.5, 0.6) is 11.5 Å². The third kappa shape index (κ3) is 5.50. The molecule has 4 N–H and O–H groups in total. The molecule has 1 aromatic carbocycles. The summed E-state index contributed by atoms with van der Waals surface area (Å²) in [6.45, 7) is 6.67. The first-order valence-electron chi connectivity index (χ1n) is 11.2. The summed E-state index contributed by atoms with van der Waals surface area (Å²) in [7, 11) is 0. The summed E-state index contributed by atoms with van der Waals surface area (Å²) in [5.41, 5.74) is 5.98. The highest BCUT2D eigenvalue weighted by molar-refractivity contribution is 7.99. The minimum Gasteiger partial charge on any atom is -0.486 e. The number of ether oxygens (including phenoxy) is 2. The normalized spacial score (nSPS) is 15.5. The molecule has 0 unspecified atom stereocenters. The zero-order valence-corrected chi connectivity index (χ0v) is 19.9. The molecule has 3 heterocycles. The van der Waals surface area contributed by atoms with Crippen LogP contribution in [0.15, 0.2) is 35.0 Å². The number of nitro groups is 1. The minimum atomic E-state index is -0.484. The van der Waals surface area contributed by atoms with Gasteiger partial charge in [-0.1, -0.05) is 6.58 Å². The number of nitrogens with one attached hydrogen (secondary N) is 2. The number of hydrogen-bond donors (Lipinski definition) is 3. The Morgan fingerprint density at radius 1 is 1.37 bits per heavy atom. The van der Waals surface area contributed by atoms with Crippen LogP contribution in [0.2, 0.25) is 0 Å². The fourth-order valence-electron chi connectivity index (χ4n) is 4.13. The van der Waals surface area contributed by atoms with Gasteiger partial charge in [0.2, 0.25) is 6.41 Å². The third-order valence-corrected chi connectivity index (χ3v) is 6.96. The molecular formula is C22H27N7O5S. The number of nitrogen functional groups attached to an aromatic ring is 1. The van der Waals surface area contributed by atoms with Gasteiger partial charge in [0.25, 0.3) is 5.69 Å². The minimum absolute atomic E-state index is 0.135. The molecule has 12 nitrogen and oxygen atoms in total. The number of H-pyrrole nitrogens is 1. The molecule has 186 valence electrons. The highest BCUT2D eigenvalue weighted by atomic mass is 32.2. The number of nitrogens with two attached hydrogens (primary N) is 1. The topological polar surface area (TPSA) is 164 Å². The number of aromatic nitrogens is 2. The zero-order valence-electron chi connectivity index (χ0n) is 19.1. The van der Waals surface area contributed by atoms with Crippen molar-refractivity contribution in [2.45, 2.75) is 29.3 Å². The second kappa shape index (κ2) is 10.7. The number of hydrogen-bond acceptors (Lipinski definition) is 9. The quantitative estimate of drug-likeness (QED) is 0.146. The summed E-state index contributed by atoms with van der Waals surface area (Å²) in [6.07, 6.45) is 5.24. The molecule has 0 bridgehead atoms. The second-order valence-corrected chi connectivity index (χ2v) is 9.26. The molecule has 1 saturated heterocycles. The third-order valence-electron chi connectivity index (χ3n) is 6.03. The molecule has 1 aromatic heterocycles. The first-order valence-corrected chi connectivity index (χ1v) is 12.0. The van der Waals surface area contributed by atoms with Crippen molar-refractivity contribution in [1.82, 2.24) is 14.9 Å². The molecule has 2 aromatic rings. The van der Waals surface area contributed by atoms with Crippen LogP contribution < -0.4 is 20.1 Å². The van der Waals surface area contributed by atoms with E-state index in [1.807, 2.05) is 4.90 Å². The largest absolute Gasteiger partial charge is 0.486 e. The van der Waals surface area contributed by atoms with Crippen molar-refractivity contribution >= 4 is 35.5 Å². The molecule has 35 heavy (non-hydrogen) atoms. The lowest BCUT2D eigenvalue weighted by Crippen LogP contribution is -2.34. The van der Waals surface area contributed by atoms with Crippen molar-refractivity contribution in [3.8, 4) is 11.5 Å². The molecule has 0 radical (unpaired) electrons. The van der Waals surface area contributed by atoms with E-state index >= 15 is 0 Å². The SMILES string of the molecule is C=CN(CCC1CCN(C=O)CC1)c1nc(Sc2cc3c(cc2[N+](=O)[O-])OCCO3)[nH]c1C(=N)N. The Balaban J connectivity index is 1.54. The van der Waals surface area contributed by atoms with E-state index in [2.05, 4.69) is 16.5 Å². The van der Waals surface area contributed by atoms with Gasteiger partial charge in [0.05, 0.1) is 15.9 Å². The van der Waals surface area contributed by atoms with Crippen LogP contribution in [-0.2, 0) is 4.79 Å². The molecule has 0 spiro atoms. The number of rotatable bonds is 10. The van der Waals surface area contributed by atoms with Gasteiger partial charge in [0, 0.05) is 25.7 Å². The number of amides is 1. The maximum atomic E-state index is 11.7. The van der Waals surface area contributed by atoms with E-state index in [1.54, 1.807) is 17.2 Å². The number of amidine groups is 1. The van der Waals surface area contributed by atoms with Gasteiger partial charge >= 0.3 is 0 Å². The van der Waals surface area contributed by atoms with Crippen LogP contribution in [0.25, 0.3) is 0 Å². The molecule has 2 aliphatic heterocycles. The maximum absolute atomic E-state index is 11.7. The number of carbonyl (C=O) groups is 1. The number of likely N-dealkylation sites (tertiary alicyclic amines) is 1. The Kier molecular flexibility index (Phi) is 7.44. The number of benzene rings is 1. The van der Waals surface area contributed by atoms with E-state index in [0.717, 1.165) is 50.5 Å². The Labute approximate surface area is 206 Å². The van der Waals surface area contributed by atoms with Gasteiger partial charge in [0.1, 0.15) is 24.7 Å². The number of aromatic amines is 1. The smallest absolute Gasteiger partial charge is 0.287 e. The van der Waals surface area contributed by atoms with Crippen molar-refractivity contribution in [3.63, 3.8) is 0 Å². The standard InChI is InChI=1S/C22H27N7O5S/c1-2-28(8-5-14-3-6-27(13-30)7-4-14)21-19(20(23)24)25-22(26-21)35-18-12-17-16(33-9-10-34-17)11-15(18)29(31)32/h2,11-14H,1,3-10H2,(H3,23,24)(H,25,26). The van der Waals surface area contributed by atoms with Crippen LogP contribution in [0.4, 0.5) is 11.5 Å². The molecule has 1 fully saturated rings. The highest BCUT2D eigenvalue weighted by Crippen LogP contribution is 2.43. The Hall–Kier alpha value is -3.74. The average Bonchev–Trinajstić information content (AvgIpc) is 3.28. The van der Waals surface area contributed by atoms with E-state index in [9.17, 15) is 14.9 Å². The lowest BCUT2D eigenvalue weighted by molar-refractivity contribution is -0.387. The fourth-order valence-corrected chi connectivity index (χ4v) is 5.02. The summed E-state index contributed by atoms with van der Waals surface area (Å²) in [5, 5.41) is 20.0. The molecular weight excluding hydrogens is 474 g/mol. The highest BCUT2D eigenvalue weighted by Gasteiger charge is 2.26. The lowest BCUT2D eigenvalue weighted by atomic mass is 9.93. The summed E-state index contributed by atoms with van der Waals surface area (Å²) < 4.78 is 11.0. The van der Waals surface area contributed by atoms with Crippen LogP contribution in [0, 0.1) is 21.4 Å². The Morgan fingerprint density at radius 3 is 2.66 bits per heavy atom. The molecule has 1 amide bonds. The Morgan fingerprint density at radius 2 is 2.06 bits per heavy atom. The first-order chi connectivity index (χ1) is 16.9. The summed E-state index contributed by atoms with van der Waals surface area (Å²) in [5.74, 6) is 1.44. The van der Waals surface area contributed by atoms with E-state index < -0.39 is 4.92 Å². The predicted molar refractivity (Wildman–Crippen MR) is 130 cm³/mol. The summed E-state index contributed by atoms with van der Waals surface area (Å²) in [4.78, 5) is 33.7. The number of anilines is 1. The number of imidazole rings is 1. The Bertz CT molecular complexity index is 1130. The van der Waals surface area contributed by atoms with Gasteiger partial charge in [-0.25, -0.2) is 4.98 Å². The van der Waals surface area contributed by atoms with Crippen molar-refractivity contribution < 1.29 is 19.2 Å². The van der Waals surface area contributed by atoms with Crippen LogP contribution in [0.3, 0.4) is 0 Å². The van der Waals surface area contributed by atoms with Gasteiger partial charge in [-0.15, -0.1) is 0 Å². The van der Waals surface area contributed by atoms with Gasteiger partial charge in [0.15, 0.2) is 22.5 Å². The van der Waals surface area contributed by atoms with Crippen molar-refractivity contribution in [2.75, 3.05) is 37.7 Å². The predicted octanol–water partition coefficient (Wildman–Crippen LogP) is 2.73. The average molecular weight is 502 g/mol. The van der Waals surface area contributed by atoms with E-state index in [0.29, 0.717) is 58.7 Å². The summed E-state index contributed by atoms with van der Waals surface area (Å²) >= 11 is 1.05. The number of carbonyl (C=O) groups excluding carboxylic acids is 1. The molecule has 0 atom stereocenters. The van der Waals surface area contributed by atoms with Crippen molar-refractivity contribution in [2.24, 2.45) is 11.7 Å². The fraction of sp³-hybridized carbons (Fsp3) is 0.409. The van der Waals surface area contributed by atoms with E-state index in [4.69, 9.17) is 20.6 Å². The molecule has 2 aliphatic rings. The maximum Gasteiger partial charge on any atom is 0.287 e. The number of nitro benzene ring substituents is 1. The van der Waals surface area contributed by atoms with Crippen LogP contribution in [-0.4, -0.2) is 64.9 Å². The zero-order chi connectivity index (χ0) is 24.9. The second-order valence-electron chi connectivity index (χ2n) is 8.23. The molecule has 13 heteroatoms. The van der Waals surface area contributed by atoms with Crippen molar-refractivity contribution in [1.29, 1.82) is 5.41 Å². The molecule has 4 rings (SSSR count). The van der Waals surface area contributed by atoms with E-state index in [1.165, 1.54) is 6.07 Å². The van der Waals surface area contributed by atoms with Crippen molar-refractivity contribution in [3.05, 3.63) is 40.7 Å². The van der Waals surface area contributed by atoms with Gasteiger partial charge in [-0.2, -0.15) is 0 Å². The van der Waals surface area contributed by atoms with Gasteiger partial charge in [-0.3, -0.25) is 20.3 Å². The molecule has 0 aliphatic carbocycles. The first kappa shape index (κ1) is 24.4. The number of piperidine rings is 1. The van der Waals surface area contributed by atoms with E-state index in [-0.39, 0.29) is 11.5 Å². The molecule has 0 saturated carbocycles. The van der Waals surface area contributed by atoms with Gasteiger partial charge in [-0.05, 0) is 43.1 Å². The van der Waals surface area contributed by atoms with Gasteiger partial charge < -0.3 is 30.0 Å². The van der Waals surface area contributed by atoms with Crippen LogP contribution >= 0.6 is 11.8 Å². The number of nitrogens with zero attached hydrogens (tertiary/aromatic N) is 4. The number of fused-ring (bicyclic) bond motifs is 1. The van der Waals surface area contributed by atoms with Crippen LogP contribution in [0.1, 0.15) is 25.0 Å². The monoisotopic (exact) mass is 501 g/mol.